The Bertz CT molecular complexity index is 1190. The second kappa shape index (κ2) is 6.91. The highest BCUT2D eigenvalue weighted by Gasteiger charge is 2.15. The zero-order valence-electron chi connectivity index (χ0n) is 16.4. The van der Waals surface area contributed by atoms with Crippen LogP contribution in [0.5, 0.6) is 0 Å². The molecule has 0 aliphatic heterocycles. The Labute approximate surface area is 169 Å². The molecule has 0 unspecified atom stereocenters. The Hall–Kier alpha value is -2.92. The molecule has 28 heavy (non-hydrogen) atoms. The number of fused-ring (bicyclic) bond motifs is 3. The van der Waals surface area contributed by atoms with Gasteiger partial charge in [0.25, 0.3) is 5.78 Å². The molecule has 2 aromatic heterocycles. The fourth-order valence-corrected chi connectivity index (χ4v) is 3.25. The minimum absolute atomic E-state index is 0.137. The van der Waals surface area contributed by atoms with Crippen LogP contribution >= 0.6 is 11.6 Å². The Kier molecular flexibility index (Phi) is 4.55. The van der Waals surface area contributed by atoms with E-state index in [9.17, 15) is 0 Å². The highest BCUT2D eigenvalue weighted by molar-refractivity contribution is 6.31. The molecule has 6 heteroatoms. The number of hydrogen-bond acceptors (Lipinski definition) is 4. The van der Waals surface area contributed by atoms with Gasteiger partial charge in [0.05, 0.1) is 5.52 Å². The summed E-state index contributed by atoms with van der Waals surface area (Å²) >= 11 is 6.23. The monoisotopic (exact) mass is 391 g/mol. The molecule has 0 aliphatic rings. The van der Waals surface area contributed by atoms with Crippen molar-refractivity contribution in [3.63, 3.8) is 0 Å². The molecule has 4 aromatic rings. The van der Waals surface area contributed by atoms with Crippen molar-refractivity contribution in [1.82, 2.24) is 19.6 Å². The third kappa shape index (κ3) is 3.58. The van der Waals surface area contributed by atoms with Gasteiger partial charge in [-0.3, -0.25) is 4.40 Å². The van der Waals surface area contributed by atoms with Gasteiger partial charge in [0.15, 0.2) is 0 Å². The molecule has 2 aromatic carbocycles. The third-order valence-corrected chi connectivity index (χ3v) is 4.78. The molecule has 0 saturated heterocycles. The van der Waals surface area contributed by atoms with E-state index in [0.717, 1.165) is 28.0 Å². The van der Waals surface area contributed by atoms with Crippen LogP contribution in [0.2, 0.25) is 5.02 Å². The molecule has 0 N–H and O–H groups in total. The molecular formula is C22H22ClN5. The Morgan fingerprint density at radius 3 is 2.71 bits per heavy atom. The van der Waals surface area contributed by atoms with Crippen LogP contribution < -0.4 is 4.90 Å². The smallest absolute Gasteiger partial charge is 0.257 e. The maximum atomic E-state index is 6.23. The second-order valence-corrected chi connectivity index (χ2v) is 8.39. The summed E-state index contributed by atoms with van der Waals surface area (Å²) in [5.41, 5.74) is 3.25. The van der Waals surface area contributed by atoms with E-state index >= 15 is 0 Å². The molecule has 0 bridgehead atoms. The van der Waals surface area contributed by atoms with Crippen molar-refractivity contribution in [3.05, 3.63) is 65.5 Å². The van der Waals surface area contributed by atoms with Crippen molar-refractivity contribution in [2.75, 3.05) is 11.9 Å². The maximum Gasteiger partial charge on any atom is 0.257 e. The van der Waals surface area contributed by atoms with Crippen LogP contribution in [-0.4, -0.2) is 26.6 Å². The highest BCUT2D eigenvalue weighted by Crippen LogP contribution is 2.32. The Morgan fingerprint density at radius 1 is 1.11 bits per heavy atom. The van der Waals surface area contributed by atoms with Crippen molar-refractivity contribution in [3.8, 4) is 0 Å². The van der Waals surface area contributed by atoms with Crippen LogP contribution in [-0.2, 0) is 0 Å². The molecule has 0 fully saturated rings. The quantitative estimate of drug-likeness (QED) is 0.445. The van der Waals surface area contributed by atoms with Crippen LogP contribution in [0.15, 0.2) is 54.9 Å². The molecule has 4 rings (SSSR count). The number of anilines is 2. The van der Waals surface area contributed by atoms with Gasteiger partial charge in [-0.25, -0.2) is 0 Å². The van der Waals surface area contributed by atoms with E-state index in [1.807, 2.05) is 29.6 Å². The van der Waals surface area contributed by atoms with E-state index in [2.05, 4.69) is 72.3 Å². The van der Waals surface area contributed by atoms with Crippen LogP contribution in [0.1, 0.15) is 26.3 Å². The Morgan fingerprint density at radius 2 is 1.93 bits per heavy atom. The number of halogens is 1. The lowest BCUT2D eigenvalue weighted by atomic mass is 9.95. The van der Waals surface area contributed by atoms with Gasteiger partial charge in [0, 0.05) is 23.1 Å². The van der Waals surface area contributed by atoms with Gasteiger partial charge < -0.3 is 4.90 Å². The number of aromatic nitrogens is 4. The minimum atomic E-state index is 0.137. The van der Waals surface area contributed by atoms with Crippen LogP contribution in [0, 0.1) is 5.41 Å². The average molecular weight is 392 g/mol. The number of allylic oxidation sites excluding steroid dienone is 1. The lowest BCUT2D eigenvalue weighted by Crippen LogP contribution is -2.13. The molecule has 0 spiro atoms. The fourth-order valence-electron chi connectivity index (χ4n) is 3.08. The van der Waals surface area contributed by atoms with E-state index < -0.39 is 0 Å². The average Bonchev–Trinajstić information content (AvgIpc) is 3.13. The van der Waals surface area contributed by atoms with E-state index in [0.29, 0.717) is 10.8 Å². The van der Waals surface area contributed by atoms with Crippen molar-refractivity contribution < 1.29 is 0 Å². The van der Waals surface area contributed by atoms with Crippen LogP contribution in [0.25, 0.3) is 22.8 Å². The molecule has 0 radical (unpaired) electrons. The summed E-state index contributed by atoms with van der Waals surface area (Å²) in [7, 11) is 2.01. The van der Waals surface area contributed by atoms with Gasteiger partial charge >= 0.3 is 0 Å². The normalized spacial score (nSPS) is 12.3. The van der Waals surface area contributed by atoms with Crippen molar-refractivity contribution in [2.24, 2.45) is 5.41 Å². The fraction of sp³-hybridized carbons (Fsp3) is 0.227. The van der Waals surface area contributed by atoms with Crippen LogP contribution in [0.4, 0.5) is 11.5 Å². The summed E-state index contributed by atoms with van der Waals surface area (Å²) in [6.07, 6.45) is 6.02. The highest BCUT2D eigenvalue weighted by atomic mass is 35.5. The van der Waals surface area contributed by atoms with E-state index in [-0.39, 0.29) is 5.41 Å². The van der Waals surface area contributed by atoms with Gasteiger partial charge in [-0.15, -0.1) is 10.2 Å². The lowest BCUT2D eigenvalue weighted by Gasteiger charge is -2.21. The van der Waals surface area contributed by atoms with Gasteiger partial charge in [-0.05, 0) is 41.3 Å². The van der Waals surface area contributed by atoms with E-state index in [1.165, 1.54) is 0 Å². The summed E-state index contributed by atoms with van der Waals surface area (Å²) in [5, 5.41) is 9.77. The topological polar surface area (TPSA) is 46.3 Å². The molecule has 0 aliphatic carbocycles. The second-order valence-electron chi connectivity index (χ2n) is 7.95. The molecule has 2 heterocycles. The number of hydrogen-bond donors (Lipinski definition) is 0. The lowest BCUT2D eigenvalue weighted by molar-refractivity contribution is 0.547. The van der Waals surface area contributed by atoms with E-state index in [1.54, 1.807) is 6.33 Å². The number of rotatable bonds is 3. The largest absolute Gasteiger partial charge is 0.329 e. The molecular weight excluding hydrogens is 370 g/mol. The van der Waals surface area contributed by atoms with Crippen molar-refractivity contribution in [1.29, 1.82) is 0 Å². The molecule has 0 amide bonds. The van der Waals surface area contributed by atoms with Gasteiger partial charge in [-0.2, -0.15) is 4.98 Å². The molecule has 0 saturated carbocycles. The number of nitrogens with zero attached hydrogens (tertiary/aromatic N) is 5. The first kappa shape index (κ1) is 18.4. The number of benzene rings is 2. The predicted molar refractivity (Wildman–Crippen MR) is 116 cm³/mol. The van der Waals surface area contributed by atoms with Crippen LogP contribution in [0.3, 0.4) is 0 Å². The summed E-state index contributed by atoms with van der Waals surface area (Å²) in [5.74, 6) is 1.35. The van der Waals surface area contributed by atoms with Crippen molar-refractivity contribution >= 4 is 45.9 Å². The zero-order valence-corrected chi connectivity index (χ0v) is 17.1. The first-order chi connectivity index (χ1) is 13.3. The zero-order chi connectivity index (χ0) is 19.9. The summed E-state index contributed by atoms with van der Waals surface area (Å²) in [6, 6.07) is 14.2. The van der Waals surface area contributed by atoms with E-state index in [4.69, 9.17) is 16.6 Å². The van der Waals surface area contributed by atoms with Crippen molar-refractivity contribution in [2.45, 2.75) is 20.8 Å². The molecule has 5 nitrogen and oxygen atoms in total. The standard InChI is InChI=1S/C22H22ClN5/c1-22(2,3)11-10-15-6-5-7-17(12-15)27(4)20-18-9-8-16(23)13-19(18)28-14-24-26-21(28)25-20/h5-14H,1-4H3/b11-10+. The third-order valence-electron chi connectivity index (χ3n) is 4.55. The van der Waals surface area contributed by atoms with Gasteiger partial charge in [0.2, 0.25) is 0 Å². The first-order valence-corrected chi connectivity index (χ1v) is 9.52. The first-order valence-electron chi connectivity index (χ1n) is 9.14. The maximum absolute atomic E-state index is 6.23. The summed E-state index contributed by atoms with van der Waals surface area (Å²) in [4.78, 5) is 6.81. The Balaban J connectivity index is 1.83. The summed E-state index contributed by atoms with van der Waals surface area (Å²) < 4.78 is 1.85. The molecule has 0 atom stereocenters. The predicted octanol–water partition coefficient (Wildman–Crippen LogP) is 5.76. The van der Waals surface area contributed by atoms with Gasteiger partial charge in [-0.1, -0.05) is 56.7 Å². The minimum Gasteiger partial charge on any atom is -0.329 e. The summed E-state index contributed by atoms with van der Waals surface area (Å²) in [6.45, 7) is 6.57. The van der Waals surface area contributed by atoms with Gasteiger partial charge in [0.1, 0.15) is 12.1 Å². The SMILES string of the molecule is CN(c1cccc(/C=C/C(C)(C)C)c1)c1nc2nncn2c2cc(Cl)ccc12. The molecule has 142 valence electrons.